The summed E-state index contributed by atoms with van der Waals surface area (Å²) in [4.78, 5) is 2.58. The molecule has 17 heavy (non-hydrogen) atoms. The maximum atomic E-state index is 8.75. The third-order valence-electron chi connectivity index (χ3n) is 4.16. The first kappa shape index (κ1) is 13.3. The molecule has 1 heterocycles. The van der Waals surface area contributed by atoms with Crippen LogP contribution >= 0.6 is 0 Å². The molecule has 4 nitrogen and oxygen atoms in total. The maximum Gasteiger partial charge on any atom is 0.451 e. The summed E-state index contributed by atoms with van der Waals surface area (Å²) in [6.45, 7) is 2.22. The molecule has 2 aliphatic rings. The first-order chi connectivity index (χ1) is 8.27. The molecule has 3 N–H and O–H groups in total. The van der Waals surface area contributed by atoms with Crippen LogP contribution in [0.4, 0.5) is 0 Å². The molecule has 1 aliphatic heterocycles. The summed E-state index contributed by atoms with van der Waals surface area (Å²) in [5.74, 6) is 0. The van der Waals surface area contributed by atoms with Gasteiger partial charge in [0.05, 0.1) is 0 Å². The lowest BCUT2D eigenvalue weighted by molar-refractivity contribution is 0.204. The quantitative estimate of drug-likeness (QED) is 0.475. The van der Waals surface area contributed by atoms with Crippen molar-refractivity contribution in [1.82, 2.24) is 10.2 Å². The number of hydrogen-bond acceptors (Lipinski definition) is 4. The summed E-state index contributed by atoms with van der Waals surface area (Å²) in [5, 5.41) is 21.1. The summed E-state index contributed by atoms with van der Waals surface area (Å²) in [7, 11) is -1.12. The highest BCUT2D eigenvalue weighted by Crippen LogP contribution is 2.27. The van der Waals surface area contributed by atoms with Gasteiger partial charge in [-0.3, -0.25) is 10.2 Å². The van der Waals surface area contributed by atoms with Gasteiger partial charge in [0.15, 0.2) is 0 Å². The van der Waals surface area contributed by atoms with Crippen molar-refractivity contribution in [3.63, 3.8) is 0 Å². The van der Waals surface area contributed by atoms with Gasteiger partial charge in [0.25, 0.3) is 0 Å². The highest BCUT2D eigenvalue weighted by molar-refractivity contribution is 6.40. The van der Waals surface area contributed by atoms with Crippen molar-refractivity contribution in [3.8, 4) is 0 Å². The molecule has 1 saturated carbocycles. The molecule has 2 atom stereocenters. The van der Waals surface area contributed by atoms with Gasteiger partial charge in [0.1, 0.15) is 0 Å². The summed E-state index contributed by atoms with van der Waals surface area (Å²) >= 11 is 0. The second-order valence-corrected chi connectivity index (χ2v) is 5.46. The van der Waals surface area contributed by atoms with Crippen molar-refractivity contribution in [2.45, 2.75) is 63.3 Å². The number of fused-ring (bicyclic) bond motifs is 1. The Morgan fingerprint density at radius 2 is 1.94 bits per heavy atom. The topological polar surface area (TPSA) is 55.7 Å². The number of rotatable bonds is 6. The monoisotopic (exact) mass is 240 g/mol. The molecule has 1 aliphatic carbocycles. The Labute approximate surface area is 105 Å². The Morgan fingerprint density at radius 3 is 2.76 bits per heavy atom. The fourth-order valence-corrected chi connectivity index (χ4v) is 3.20. The average molecular weight is 240 g/mol. The zero-order chi connectivity index (χ0) is 12.1. The van der Waals surface area contributed by atoms with Gasteiger partial charge in [-0.2, -0.15) is 0 Å². The van der Waals surface area contributed by atoms with E-state index in [2.05, 4.69) is 10.2 Å². The van der Waals surface area contributed by atoms with Gasteiger partial charge in [-0.15, -0.1) is 0 Å². The second-order valence-electron chi connectivity index (χ2n) is 5.46. The van der Waals surface area contributed by atoms with Crippen LogP contribution in [-0.4, -0.2) is 47.4 Å². The van der Waals surface area contributed by atoms with Crippen molar-refractivity contribution >= 4 is 7.12 Å². The normalized spacial score (nSPS) is 29.3. The minimum Gasteiger partial charge on any atom is -0.427 e. The smallest absolute Gasteiger partial charge is 0.427 e. The van der Waals surface area contributed by atoms with E-state index in [1.807, 2.05) is 0 Å². The Balaban J connectivity index is 1.59. The summed E-state index contributed by atoms with van der Waals surface area (Å²) in [5.41, 5.74) is 0. The minimum atomic E-state index is -1.12. The van der Waals surface area contributed by atoms with Gasteiger partial charge in [0, 0.05) is 18.8 Å². The van der Waals surface area contributed by atoms with Crippen LogP contribution in [0.3, 0.4) is 0 Å². The molecule has 98 valence electrons. The van der Waals surface area contributed by atoms with Crippen LogP contribution < -0.4 is 5.32 Å². The molecule has 0 amide bonds. The van der Waals surface area contributed by atoms with Crippen molar-refractivity contribution in [2.75, 3.05) is 13.2 Å². The van der Waals surface area contributed by atoms with Gasteiger partial charge in [0.2, 0.25) is 0 Å². The van der Waals surface area contributed by atoms with Crippen LogP contribution in [0.5, 0.6) is 0 Å². The minimum absolute atomic E-state index is 0.518. The number of hydrogen-bond donors (Lipinski definition) is 3. The number of nitrogens with zero attached hydrogens (tertiary/aromatic N) is 1. The van der Waals surface area contributed by atoms with Crippen molar-refractivity contribution in [2.24, 2.45) is 0 Å². The van der Waals surface area contributed by atoms with Crippen LogP contribution in [0, 0.1) is 0 Å². The van der Waals surface area contributed by atoms with Gasteiger partial charge >= 0.3 is 7.12 Å². The molecule has 5 heteroatoms. The molecular formula is C12H25BN2O2. The van der Waals surface area contributed by atoms with Gasteiger partial charge < -0.3 is 10.0 Å². The largest absolute Gasteiger partial charge is 0.451 e. The van der Waals surface area contributed by atoms with Crippen LogP contribution in [0.25, 0.3) is 0 Å². The van der Waals surface area contributed by atoms with E-state index in [9.17, 15) is 0 Å². The molecule has 0 aromatic carbocycles. The molecule has 2 unspecified atom stereocenters. The van der Waals surface area contributed by atoms with Crippen LogP contribution in [0.15, 0.2) is 0 Å². The summed E-state index contributed by atoms with van der Waals surface area (Å²) in [6, 6.07) is 1.51. The Kier molecular flexibility index (Phi) is 5.28. The third kappa shape index (κ3) is 3.95. The predicted octanol–water partition coefficient (Wildman–Crippen LogP) is 0.803. The fraction of sp³-hybridized carbons (Fsp3) is 1.00. The third-order valence-corrected chi connectivity index (χ3v) is 4.16. The van der Waals surface area contributed by atoms with Gasteiger partial charge in [-0.25, -0.2) is 0 Å². The highest BCUT2D eigenvalue weighted by Gasteiger charge is 2.34. The lowest BCUT2D eigenvalue weighted by atomic mass is 9.83. The van der Waals surface area contributed by atoms with E-state index in [0.717, 1.165) is 38.1 Å². The highest BCUT2D eigenvalue weighted by atomic mass is 16.4. The van der Waals surface area contributed by atoms with Crippen LogP contribution in [0.1, 0.15) is 44.9 Å². The maximum absolute atomic E-state index is 8.75. The molecule has 0 aromatic heterocycles. The van der Waals surface area contributed by atoms with Crippen LogP contribution in [-0.2, 0) is 0 Å². The van der Waals surface area contributed by atoms with E-state index >= 15 is 0 Å². The van der Waals surface area contributed by atoms with E-state index in [1.165, 1.54) is 32.1 Å². The standard InChI is InChI=1S/C12H25BN2O2/c16-13(17)8-4-1-5-9-15-10-14-11-6-2-3-7-12(11)15/h11-12,14,16-17H,1-10H2. The summed E-state index contributed by atoms with van der Waals surface area (Å²) in [6.07, 6.45) is 9.19. The molecule has 0 radical (unpaired) electrons. The molecule has 1 saturated heterocycles. The molecule has 2 rings (SSSR count). The van der Waals surface area contributed by atoms with E-state index in [-0.39, 0.29) is 0 Å². The number of nitrogens with one attached hydrogen (secondary N) is 1. The van der Waals surface area contributed by atoms with E-state index < -0.39 is 7.12 Å². The first-order valence-electron chi connectivity index (χ1n) is 7.11. The van der Waals surface area contributed by atoms with Crippen LogP contribution in [0.2, 0.25) is 6.32 Å². The second kappa shape index (κ2) is 6.73. The molecule has 2 fully saturated rings. The van der Waals surface area contributed by atoms with Crippen molar-refractivity contribution in [1.29, 1.82) is 0 Å². The van der Waals surface area contributed by atoms with E-state index in [4.69, 9.17) is 10.0 Å². The number of unbranched alkanes of at least 4 members (excludes halogenated alkanes) is 2. The SMILES string of the molecule is OB(O)CCCCCN1CNC2CCCCC21. The zero-order valence-electron chi connectivity index (χ0n) is 10.6. The molecule has 0 aromatic rings. The Hall–Kier alpha value is -0.0951. The lowest BCUT2D eigenvalue weighted by Crippen LogP contribution is -2.39. The lowest BCUT2D eigenvalue weighted by Gasteiger charge is -2.30. The average Bonchev–Trinajstić information content (AvgIpc) is 2.72. The van der Waals surface area contributed by atoms with Gasteiger partial charge in [-0.1, -0.05) is 25.7 Å². The Bertz CT molecular complexity index is 229. The zero-order valence-corrected chi connectivity index (χ0v) is 10.6. The summed E-state index contributed by atoms with van der Waals surface area (Å²) < 4.78 is 0. The van der Waals surface area contributed by atoms with E-state index in [0.29, 0.717) is 6.32 Å². The molecular weight excluding hydrogens is 215 g/mol. The Morgan fingerprint density at radius 1 is 1.12 bits per heavy atom. The predicted molar refractivity (Wildman–Crippen MR) is 69.6 cm³/mol. The van der Waals surface area contributed by atoms with Gasteiger partial charge in [-0.05, 0) is 32.1 Å². The van der Waals surface area contributed by atoms with Crippen molar-refractivity contribution < 1.29 is 10.0 Å². The molecule has 0 spiro atoms. The van der Waals surface area contributed by atoms with Crippen molar-refractivity contribution in [3.05, 3.63) is 0 Å². The fourth-order valence-electron chi connectivity index (χ4n) is 3.20. The first-order valence-corrected chi connectivity index (χ1v) is 7.11. The van der Waals surface area contributed by atoms with E-state index in [1.54, 1.807) is 0 Å². The molecule has 0 bridgehead atoms.